The van der Waals surface area contributed by atoms with Crippen LogP contribution < -0.4 is 9.62 Å². The van der Waals surface area contributed by atoms with Crippen molar-refractivity contribution in [1.82, 2.24) is 10.2 Å². The molecule has 0 spiro atoms. The van der Waals surface area contributed by atoms with E-state index < -0.39 is 34.3 Å². The molecule has 34 heavy (non-hydrogen) atoms. The summed E-state index contributed by atoms with van der Waals surface area (Å²) in [5.41, 5.74) is 2.88. The number of hydrogen-bond donors (Lipinski definition) is 1. The summed E-state index contributed by atoms with van der Waals surface area (Å²) in [7, 11) is -3.79. The van der Waals surface area contributed by atoms with E-state index in [1.807, 2.05) is 27.7 Å². The number of nitrogens with zero attached hydrogens (tertiary/aromatic N) is 2. The minimum absolute atomic E-state index is 0.0277. The Labute approximate surface area is 202 Å². The molecule has 0 saturated heterocycles. The van der Waals surface area contributed by atoms with E-state index in [2.05, 4.69) is 5.32 Å². The van der Waals surface area contributed by atoms with E-state index in [0.717, 1.165) is 21.7 Å². The molecule has 9 heteroatoms. The lowest BCUT2D eigenvalue weighted by Gasteiger charge is -2.31. The molecule has 1 N–H and O–H groups in total. The van der Waals surface area contributed by atoms with Crippen LogP contribution in [0.25, 0.3) is 0 Å². The molecule has 0 radical (unpaired) electrons. The van der Waals surface area contributed by atoms with Gasteiger partial charge < -0.3 is 10.2 Å². The van der Waals surface area contributed by atoms with Crippen LogP contribution in [0.5, 0.6) is 0 Å². The number of anilines is 1. The SMILES string of the molecule is Cc1ccc(N(CC(=O)N(Cc2ccc(F)cc2)[C@@H](C)C(=O)NCC(C)C)S(C)(=O)=O)cc1C. The van der Waals surface area contributed by atoms with E-state index >= 15 is 0 Å². The zero-order valence-electron chi connectivity index (χ0n) is 20.6. The summed E-state index contributed by atoms with van der Waals surface area (Å²) in [5, 5.41) is 2.82. The molecule has 1 atom stereocenters. The van der Waals surface area contributed by atoms with Gasteiger partial charge in [0.2, 0.25) is 21.8 Å². The minimum Gasteiger partial charge on any atom is -0.354 e. The predicted molar refractivity (Wildman–Crippen MR) is 132 cm³/mol. The van der Waals surface area contributed by atoms with Crippen LogP contribution in [-0.4, -0.2) is 50.5 Å². The third kappa shape index (κ3) is 7.55. The smallest absolute Gasteiger partial charge is 0.244 e. The van der Waals surface area contributed by atoms with Crippen molar-refractivity contribution in [1.29, 1.82) is 0 Å². The Morgan fingerprint density at radius 3 is 2.15 bits per heavy atom. The zero-order valence-corrected chi connectivity index (χ0v) is 21.4. The van der Waals surface area contributed by atoms with E-state index in [-0.39, 0.29) is 18.4 Å². The number of amides is 2. The van der Waals surface area contributed by atoms with E-state index in [1.165, 1.54) is 29.2 Å². The van der Waals surface area contributed by atoms with Crippen molar-refractivity contribution < 1.29 is 22.4 Å². The summed E-state index contributed by atoms with van der Waals surface area (Å²) in [4.78, 5) is 27.5. The molecule has 0 unspecified atom stereocenters. The Morgan fingerprint density at radius 1 is 1.00 bits per heavy atom. The van der Waals surface area contributed by atoms with Gasteiger partial charge in [-0.1, -0.05) is 32.0 Å². The Morgan fingerprint density at radius 2 is 1.62 bits per heavy atom. The van der Waals surface area contributed by atoms with Crippen LogP contribution in [0.1, 0.15) is 37.5 Å². The van der Waals surface area contributed by atoms with E-state index in [9.17, 15) is 22.4 Å². The summed E-state index contributed by atoms with van der Waals surface area (Å²) in [6, 6.07) is 9.92. The van der Waals surface area contributed by atoms with Gasteiger partial charge in [0.15, 0.2) is 0 Å². The lowest BCUT2D eigenvalue weighted by Crippen LogP contribution is -2.51. The maximum atomic E-state index is 13.4. The van der Waals surface area contributed by atoms with Crippen LogP contribution in [0.15, 0.2) is 42.5 Å². The van der Waals surface area contributed by atoms with Crippen molar-refractivity contribution in [2.75, 3.05) is 23.7 Å². The Kier molecular flexibility index (Phi) is 9.21. The monoisotopic (exact) mass is 491 g/mol. The maximum absolute atomic E-state index is 13.4. The highest BCUT2D eigenvalue weighted by Crippen LogP contribution is 2.22. The fourth-order valence-electron chi connectivity index (χ4n) is 3.32. The first-order valence-corrected chi connectivity index (χ1v) is 13.0. The topological polar surface area (TPSA) is 86.8 Å². The summed E-state index contributed by atoms with van der Waals surface area (Å²) in [6.45, 7) is 9.29. The standard InChI is InChI=1S/C25H34FN3O4S/c1-17(2)14-27-25(31)20(5)28(15-21-8-10-22(26)11-9-21)24(30)16-29(34(6,32)33)23-12-7-18(3)19(4)13-23/h7-13,17,20H,14-16H2,1-6H3,(H,27,31)/t20-/m0/s1. The molecule has 2 aromatic rings. The molecule has 0 aliphatic carbocycles. The molecule has 0 aromatic heterocycles. The van der Waals surface area contributed by atoms with Crippen LogP contribution in [0, 0.1) is 25.6 Å². The van der Waals surface area contributed by atoms with Crippen LogP contribution in [0.3, 0.4) is 0 Å². The number of rotatable bonds is 10. The first-order chi connectivity index (χ1) is 15.8. The number of carbonyl (C=O) groups is 2. The second-order valence-corrected chi connectivity index (χ2v) is 10.9. The van der Waals surface area contributed by atoms with E-state index in [0.29, 0.717) is 17.8 Å². The van der Waals surface area contributed by atoms with Crippen molar-refractivity contribution in [3.05, 3.63) is 65.0 Å². The molecule has 0 saturated carbocycles. The number of aryl methyl sites for hydroxylation is 2. The highest BCUT2D eigenvalue weighted by molar-refractivity contribution is 7.92. The molecule has 7 nitrogen and oxygen atoms in total. The van der Waals surface area contributed by atoms with Crippen molar-refractivity contribution in [2.24, 2.45) is 5.92 Å². The lowest BCUT2D eigenvalue weighted by atomic mass is 10.1. The number of nitrogens with one attached hydrogen (secondary N) is 1. The van der Waals surface area contributed by atoms with Gasteiger partial charge in [0.1, 0.15) is 18.4 Å². The Hall–Kier alpha value is -2.94. The number of hydrogen-bond acceptors (Lipinski definition) is 4. The minimum atomic E-state index is -3.79. The molecular formula is C25H34FN3O4S. The molecule has 2 amide bonds. The first kappa shape index (κ1) is 27.3. The van der Waals surface area contributed by atoms with Crippen LogP contribution in [0.4, 0.5) is 10.1 Å². The average molecular weight is 492 g/mol. The molecule has 0 aliphatic rings. The van der Waals surface area contributed by atoms with E-state index in [1.54, 1.807) is 25.1 Å². The first-order valence-electron chi connectivity index (χ1n) is 11.2. The predicted octanol–water partition coefficient (Wildman–Crippen LogP) is 3.40. The van der Waals surface area contributed by atoms with Crippen molar-refractivity contribution in [2.45, 2.75) is 47.2 Å². The molecule has 0 heterocycles. The highest BCUT2D eigenvalue weighted by Gasteiger charge is 2.30. The second kappa shape index (κ2) is 11.5. The van der Waals surface area contributed by atoms with Crippen molar-refractivity contribution in [3.8, 4) is 0 Å². The summed E-state index contributed by atoms with van der Waals surface area (Å²) in [5.74, 6) is -1.08. The summed E-state index contributed by atoms with van der Waals surface area (Å²) in [6.07, 6.45) is 1.04. The fourth-order valence-corrected chi connectivity index (χ4v) is 4.16. The highest BCUT2D eigenvalue weighted by atomic mass is 32.2. The molecule has 0 aliphatic heterocycles. The van der Waals surface area contributed by atoms with Gasteiger partial charge in [-0.15, -0.1) is 0 Å². The molecule has 0 bridgehead atoms. The van der Waals surface area contributed by atoms with Gasteiger partial charge in [0, 0.05) is 13.1 Å². The second-order valence-electron chi connectivity index (χ2n) is 9.00. The Balaban J connectivity index is 2.37. The van der Waals surface area contributed by atoms with Crippen molar-refractivity contribution in [3.63, 3.8) is 0 Å². The van der Waals surface area contributed by atoms with Gasteiger partial charge in [-0.2, -0.15) is 0 Å². The van der Waals surface area contributed by atoms with Crippen molar-refractivity contribution >= 4 is 27.5 Å². The maximum Gasteiger partial charge on any atom is 0.244 e. The van der Waals surface area contributed by atoms with E-state index in [4.69, 9.17) is 0 Å². The number of benzene rings is 2. The molecule has 0 fully saturated rings. The van der Waals surface area contributed by atoms with Gasteiger partial charge in [0.25, 0.3) is 0 Å². The lowest BCUT2D eigenvalue weighted by molar-refractivity contribution is -0.139. The van der Waals surface area contributed by atoms with Gasteiger partial charge in [0.05, 0.1) is 11.9 Å². The number of carbonyl (C=O) groups excluding carboxylic acids is 2. The molecule has 186 valence electrons. The van der Waals surface area contributed by atoms with Gasteiger partial charge in [-0.05, 0) is 67.6 Å². The Bertz CT molecular complexity index is 1120. The summed E-state index contributed by atoms with van der Waals surface area (Å²) < 4.78 is 39.6. The third-order valence-corrected chi connectivity index (χ3v) is 6.72. The van der Waals surface area contributed by atoms with Crippen LogP contribution in [-0.2, 0) is 26.2 Å². The van der Waals surface area contributed by atoms with Gasteiger partial charge >= 0.3 is 0 Å². The normalized spacial score (nSPS) is 12.4. The quantitative estimate of drug-likeness (QED) is 0.552. The average Bonchev–Trinajstić information content (AvgIpc) is 2.76. The largest absolute Gasteiger partial charge is 0.354 e. The van der Waals surface area contributed by atoms with Gasteiger partial charge in [-0.25, -0.2) is 12.8 Å². The molecule has 2 rings (SSSR count). The van der Waals surface area contributed by atoms with Crippen LogP contribution >= 0.6 is 0 Å². The molecular weight excluding hydrogens is 457 g/mol. The third-order valence-electron chi connectivity index (χ3n) is 5.58. The van der Waals surface area contributed by atoms with Gasteiger partial charge in [-0.3, -0.25) is 13.9 Å². The number of sulfonamides is 1. The van der Waals surface area contributed by atoms with Crippen LogP contribution in [0.2, 0.25) is 0 Å². The number of halogens is 1. The molecule has 2 aromatic carbocycles. The fraction of sp³-hybridized carbons (Fsp3) is 0.440. The summed E-state index contributed by atoms with van der Waals surface area (Å²) >= 11 is 0. The zero-order chi connectivity index (χ0) is 25.6.